The number of aromatic nitrogens is 3. The third kappa shape index (κ3) is 6.84. The molecule has 1 amide bonds. The first-order valence-corrected chi connectivity index (χ1v) is 13.8. The second-order valence-electron chi connectivity index (χ2n) is 10.4. The molecule has 1 unspecified atom stereocenters. The van der Waals surface area contributed by atoms with E-state index in [1.807, 2.05) is 12.1 Å². The molecule has 7 nitrogen and oxygen atoms in total. The molecule has 3 aromatic rings. The molecule has 0 saturated carbocycles. The Morgan fingerprint density at radius 1 is 1.00 bits per heavy atom. The van der Waals surface area contributed by atoms with Gasteiger partial charge in [0, 0.05) is 45.2 Å². The first kappa shape index (κ1) is 25.6. The van der Waals surface area contributed by atoms with Gasteiger partial charge >= 0.3 is 0 Å². The van der Waals surface area contributed by atoms with Gasteiger partial charge in [-0.1, -0.05) is 60.7 Å². The topological polar surface area (TPSA) is 72.3 Å². The van der Waals surface area contributed by atoms with Crippen LogP contribution in [-0.2, 0) is 16.0 Å². The molecule has 0 aliphatic carbocycles. The van der Waals surface area contributed by atoms with E-state index in [0.29, 0.717) is 19.3 Å². The summed E-state index contributed by atoms with van der Waals surface area (Å²) < 4.78 is 7.59. The molecule has 0 bridgehead atoms. The van der Waals surface area contributed by atoms with Crippen LogP contribution in [-0.4, -0.2) is 58.4 Å². The summed E-state index contributed by atoms with van der Waals surface area (Å²) in [6.45, 7) is 6.47. The standard InChI is InChI=1S/C30H39N5O2/c1-23-31-29(22-24-8-4-2-5-9-24)33-35(23)27-12-17-34(18-13-27)19-14-28(25-10-6-3-7-11-25)32-30(36)26-15-20-37-21-16-26/h2-11,26-28H,12-22H2,1H3,(H,32,36). The summed E-state index contributed by atoms with van der Waals surface area (Å²) in [4.78, 5) is 20.3. The van der Waals surface area contributed by atoms with Crippen molar-refractivity contribution >= 4 is 5.91 Å². The summed E-state index contributed by atoms with van der Waals surface area (Å²) in [5.41, 5.74) is 2.42. The smallest absolute Gasteiger partial charge is 0.223 e. The van der Waals surface area contributed by atoms with E-state index >= 15 is 0 Å². The van der Waals surface area contributed by atoms with Gasteiger partial charge in [0.15, 0.2) is 5.82 Å². The number of likely N-dealkylation sites (tertiary alicyclic amines) is 1. The molecule has 0 radical (unpaired) electrons. The number of amides is 1. The lowest BCUT2D eigenvalue weighted by molar-refractivity contribution is -0.128. The quantitative estimate of drug-likeness (QED) is 0.468. The molecule has 2 fully saturated rings. The van der Waals surface area contributed by atoms with Crippen molar-refractivity contribution < 1.29 is 9.53 Å². The minimum atomic E-state index is 0.0346. The van der Waals surface area contributed by atoms with Gasteiger partial charge in [0.2, 0.25) is 5.91 Å². The maximum atomic E-state index is 13.0. The van der Waals surface area contributed by atoms with Crippen LogP contribution in [0.5, 0.6) is 0 Å². The highest BCUT2D eigenvalue weighted by molar-refractivity contribution is 5.79. The van der Waals surface area contributed by atoms with Gasteiger partial charge in [0.1, 0.15) is 5.82 Å². The minimum Gasteiger partial charge on any atom is -0.381 e. The van der Waals surface area contributed by atoms with Gasteiger partial charge in [-0.2, -0.15) is 5.10 Å². The summed E-state index contributed by atoms with van der Waals surface area (Å²) in [6, 6.07) is 21.2. The zero-order valence-corrected chi connectivity index (χ0v) is 21.9. The number of benzene rings is 2. The third-order valence-electron chi connectivity index (χ3n) is 7.80. The van der Waals surface area contributed by atoms with E-state index in [1.54, 1.807) is 0 Å². The Bertz CT molecular complexity index is 1120. The van der Waals surface area contributed by atoms with Gasteiger partial charge in [-0.25, -0.2) is 9.67 Å². The molecular formula is C30H39N5O2. The first-order valence-electron chi connectivity index (χ1n) is 13.8. The van der Waals surface area contributed by atoms with Crippen molar-refractivity contribution in [2.75, 3.05) is 32.8 Å². The molecule has 7 heteroatoms. The van der Waals surface area contributed by atoms with E-state index in [2.05, 4.69) is 70.4 Å². The summed E-state index contributed by atoms with van der Waals surface area (Å²) in [6.07, 6.45) is 5.45. The van der Waals surface area contributed by atoms with E-state index in [9.17, 15) is 4.79 Å². The van der Waals surface area contributed by atoms with Gasteiger partial charge in [-0.3, -0.25) is 4.79 Å². The second-order valence-corrected chi connectivity index (χ2v) is 10.4. The van der Waals surface area contributed by atoms with Crippen LogP contribution >= 0.6 is 0 Å². The number of ether oxygens (including phenoxy) is 1. The van der Waals surface area contributed by atoms with Crippen LogP contribution in [0.4, 0.5) is 0 Å². The fourth-order valence-electron chi connectivity index (χ4n) is 5.61. The molecule has 2 aromatic carbocycles. The fourth-order valence-corrected chi connectivity index (χ4v) is 5.61. The number of aryl methyl sites for hydroxylation is 1. The first-order chi connectivity index (χ1) is 18.2. The van der Waals surface area contributed by atoms with Crippen LogP contribution in [0.15, 0.2) is 60.7 Å². The van der Waals surface area contributed by atoms with Crippen molar-refractivity contribution in [2.45, 2.75) is 57.5 Å². The largest absolute Gasteiger partial charge is 0.381 e. The Morgan fingerprint density at radius 2 is 1.68 bits per heavy atom. The molecular weight excluding hydrogens is 462 g/mol. The van der Waals surface area contributed by atoms with Crippen LogP contribution in [0, 0.1) is 12.8 Å². The highest BCUT2D eigenvalue weighted by Gasteiger charge is 2.27. The maximum absolute atomic E-state index is 13.0. The number of rotatable bonds is 9. The van der Waals surface area contributed by atoms with E-state index in [-0.39, 0.29) is 17.9 Å². The Labute approximate surface area is 220 Å². The lowest BCUT2D eigenvalue weighted by Gasteiger charge is -2.33. The molecule has 1 atom stereocenters. The van der Waals surface area contributed by atoms with E-state index in [1.165, 1.54) is 11.1 Å². The van der Waals surface area contributed by atoms with Gasteiger partial charge < -0.3 is 15.0 Å². The van der Waals surface area contributed by atoms with Gasteiger partial charge in [-0.15, -0.1) is 0 Å². The predicted octanol–water partition coefficient (Wildman–Crippen LogP) is 4.49. The molecule has 37 heavy (non-hydrogen) atoms. The Morgan fingerprint density at radius 3 is 2.38 bits per heavy atom. The molecule has 196 valence electrons. The summed E-state index contributed by atoms with van der Waals surface area (Å²) in [5, 5.41) is 8.24. The summed E-state index contributed by atoms with van der Waals surface area (Å²) >= 11 is 0. The SMILES string of the molecule is Cc1nc(Cc2ccccc2)nn1C1CCN(CCC(NC(=O)C2CCOCC2)c2ccccc2)CC1. The van der Waals surface area contributed by atoms with Crippen molar-refractivity contribution in [3.05, 3.63) is 83.4 Å². The normalized spacial score (nSPS) is 18.5. The fraction of sp³-hybridized carbons (Fsp3) is 0.500. The van der Waals surface area contributed by atoms with Crippen LogP contribution < -0.4 is 5.32 Å². The molecule has 1 N–H and O–H groups in total. The zero-order valence-electron chi connectivity index (χ0n) is 21.9. The average Bonchev–Trinajstić information content (AvgIpc) is 3.32. The van der Waals surface area contributed by atoms with Crippen molar-refractivity contribution in [2.24, 2.45) is 5.92 Å². The third-order valence-corrected chi connectivity index (χ3v) is 7.80. The minimum absolute atomic E-state index is 0.0346. The van der Waals surface area contributed by atoms with Crippen LogP contribution in [0.1, 0.15) is 67.0 Å². The van der Waals surface area contributed by atoms with Gasteiger partial charge in [-0.05, 0) is 50.2 Å². The molecule has 5 rings (SSSR count). The lowest BCUT2D eigenvalue weighted by Crippen LogP contribution is -2.40. The lowest BCUT2D eigenvalue weighted by atomic mass is 9.97. The van der Waals surface area contributed by atoms with Crippen LogP contribution in [0.2, 0.25) is 0 Å². The number of carbonyl (C=O) groups is 1. The number of nitrogens with one attached hydrogen (secondary N) is 1. The number of piperidine rings is 1. The number of carbonyl (C=O) groups excluding carboxylic acids is 1. The summed E-state index contributed by atoms with van der Waals surface area (Å²) in [7, 11) is 0. The molecule has 0 spiro atoms. The molecule has 2 saturated heterocycles. The molecule has 3 heterocycles. The van der Waals surface area contributed by atoms with E-state index < -0.39 is 0 Å². The van der Waals surface area contributed by atoms with Crippen LogP contribution in [0.3, 0.4) is 0 Å². The zero-order chi connectivity index (χ0) is 25.5. The molecule has 1 aromatic heterocycles. The second kappa shape index (κ2) is 12.5. The van der Waals surface area contributed by atoms with Crippen molar-refractivity contribution in [3.63, 3.8) is 0 Å². The van der Waals surface area contributed by atoms with Gasteiger partial charge in [0.05, 0.1) is 12.1 Å². The highest BCUT2D eigenvalue weighted by atomic mass is 16.5. The van der Waals surface area contributed by atoms with Crippen molar-refractivity contribution in [1.82, 2.24) is 25.0 Å². The number of hydrogen-bond donors (Lipinski definition) is 1. The van der Waals surface area contributed by atoms with Crippen LogP contribution in [0.25, 0.3) is 0 Å². The summed E-state index contributed by atoms with van der Waals surface area (Å²) in [5.74, 6) is 2.14. The maximum Gasteiger partial charge on any atom is 0.223 e. The number of hydrogen-bond acceptors (Lipinski definition) is 5. The van der Waals surface area contributed by atoms with Crippen molar-refractivity contribution in [3.8, 4) is 0 Å². The monoisotopic (exact) mass is 501 g/mol. The Hall–Kier alpha value is -3.03. The predicted molar refractivity (Wildman–Crippen MR) is 144 cm³/mol. The average molecular weight is 502 g/mol. The number of nitrogens with zero attached hydrogens (tertiary/aromatic N) is 4. The Balaban J connectivity index is 1.15. The Kier molecular flexibility index (Phi) is 8.64. The molecule has 2 aliphatic rings. The van der Waals surface area contributed by atoms with E-state index in [0.717, 1.165) is 69.8 Å². The van der Waals surface area contributed by atoms with Gasteiger partial charge in [0.25, 0.3) is 0 Å². The van der Waals surface area contributed by atoms with E-state index in [4.69, 9.17) is 14.8 Å². The van der Waals surface area contributed by atoms with Crippen molar-refractivity contribution in [1.29, 1.82) is 0 Å². The highest BCUT2D eigenvalue weighted by Crippen LogP contribution is 2.26. The molecule has 2 aliphatic heterocycles.